The van der Waals surface area contributed by atoms with Crippen LogP contribution < -0.4 is 5.32 Å². The normalized spacial score (nSPS) is 13.1. The van der Waals surface area contributed by atoms with Crippen molar-refractivity contribution in [2.45, 2.75) is 37.6 Å². The number of aliphatic hydroxyl groups is 1. The third-order valence-corrected chi connectivity index (χ3v) is 3.70. The molecule has 4 nitrogen and oxygen atoms in total. The monoisotopic (exact) mass is 243 g/mol. The Labute approximate surface area is 101 Å². The molecule has 0 aliphatic heterocycles. The summed E-state index contributed by atoms with van der Waals surface area (Å²) < 4.78 is 1.90. The van der Waals surface area contributed by atoms with Crippen molar-refractivity contribution < 1.29 is 5.11 Å². The minimum absolute atomic E-state index is 0.190. The van der Waals surface area contributed by atoms with E-state index in [1.165, 1.54) is 5.56 Å². The van der Waals surface area contributed by atoms with E-state index >= 15 is 0 Å². The molecule has 1 aromatic rings. The molecular weight excluding hydrogens is 222 g/mol. The molecule has 0 saturated carbocycles. The Morgan fingerprint density at radius 2 is 2.25 bits per heavy atom. The molecule has 1 heterocycles. The standard InChI is InChI=1S/C11H21N3OS/c1-5-12-6-10-9(3)13-14(4)11(10)16-8(2)7-15/h8,12,15H,5-7H2,1-4H3. The topological polar surface area (TPSA) is 50.1 Å². The lowest BCUT2D eigenvalue weighted by molar-refractivity contribution is 0.300. The second-order valence-corrected chi connectivity index (χ2v) is 5.31. The summed E-state index contributed by atoms with van der Waals surface area (Å²) in [6, 6.07) is 0. The van der Waals surface area contributed by atoms with E-state index in [1.807, 2.05) is 25.6 Å². The van der Waals surface area contributed by atoms with E-state index < -0.39 is 0 Å². The molecular formula is C11H21N3OS. The van der Waals surface area contributed by atoms with Gasteiger partial charge in [-0.1, -0.05) is 13.8 Å². The van der Waals surface area contributed by atoms with Gasteiger partial charge in [-0.05, 0) is 13.5 Å². The maximum Gasteiger partial charge on any atom is 0.0987 e. The molecule has 0 bridgehead atoms. The van der Waals surface area contributed by atoms with Crippen molar-refractivity contribution >= 4 is 11.8 Å². The van der Waals surface area contributed by atoms with Crippen LogP contribution in [0.15, 0.2) is 5.03 Å². The molecule has 1 aromatic heterocycles. The minimum Gasteiger partial charge on any atom is -0.395 e. The van der Waals surface area contributed by atoms with E-state index in [-0.39, 0.29) is 11.9 Å². The molecule has 2 N–H and O–H groups in total. The van der Waals surface area contributed by atoms with Crippen molar-refractivity contribution in [2.24, 2.45) is 7.05 Å². The third kappa shape index (κ3) is 3.23. The zero-order valence-electron chi connectivity index (χ0n) is 10.4. The first-order valence-electron chi connectivity index (χ1n) is 5.60. The lowest BCUT2D eigenvalue weighted by atomic mass is 10.2. The van der Waals surface area contributed by atoms with Crippen molar-refractivity contribution in [3.8, 4) is 0 Å². The van der Waals surface area contributed by atoms with Gasteiger partial charge in [-0.25, -0.2) is 0 Å². The maximum atomic E-state index is 9.09. The minimum atomic E-state index is 0.190. The SMILES string of the molecule is CCNCc1c(C)nn(C)c1SC(C)CO. The van der Waals surface area contributed by atoms with E-state index in [2.05, 4.69) is 17.3 Å². The van der Waals surface area contributed by atoms with Gasteiger partial charge in [0, 0.05) is 24.4 Å². The number of aromatic nitrogens is 2. The first-order chi connectivity index (χ1) is 7.60. The molecule has 1 unspecified atom stereocenters. The number of aryl methyl sites for hydroxylation is 2. The zero-order chi connectivity index (χ0) is 12.1. The van der Waals surface area contributed by atoms with Crippen LogP contribution in [0.5, 0.6) is 0 Å². The summed E-state index contributed by atoms with van der Waals surface area (Å²) in [7, 11) is 1.95. The highest BCUT2D eigenvalue weighted by atomic mass is 32.2. The van der Waals surface area contributed by atoms with Crippen LogP contribution in [0.1, 0.15) is 25.1 Å². The summed E-state index contributed by atoms with van der Waals surface area (Å²) in [6.07, 6.45) is 0. The van der Waals surface area contributed by atoms with Crippen molar-refractivity contribution in [2.75, 3.05) is 13.2 Å². The summed E-state index contributed by atoms with van der Waals surface area (Å²) in [5, 5.41) is 18.2. The van der Waals surface area contributed by atoms with Crippen molar-refractivity contribution in [1.82, 2.24) is 15.1 Å². The highest BCUT2D eigenvalue weighted by molar-refractivity contribution is 7.99. The second kappa shape index (κ2) is 6.27. The second-order valence-electron chi connectivity index (χ2n) is 3.88. The molecule has 0 aliphatic rings. The molecule has 0 saturated heterocycles. The van der Waals surface area contributed by atoms with Gasteiger partial charge in [0.1, 0.15) is 0 Å². The Balaban J connectivity index is 2.87. The lowest BCUT2D eigenvalue weighted by Gasteiger charge is -2.10. The van der Waals surface area contributed by atoms with Gasteiger partial charge in [-0.2, -0.15) is 5.10 Å². The number of hydrogen-bond acceptors (Lipinski definition) is 4. The average molecular weight is 243 g/mol. The lowest BCUT2D eigenvalue weighted by Crippen LogP contribution is -2.13. The quantitative estimate of drug-likeness (QED) is 0.740. The Morgan fingerprint density at radius 3 is 2.81 bits per heavy atom. The van der Waals surface area contributed by atoms with Gasteiger partial charge in [0.15, 0.2) is 0 Å². The summed E-state index contributed by atoms with van der Waals surface area (Å²) >= 11 is 1.68. The van der Waals surface area contributed by atoms with E-state index in [4.69, 9.17) is 5.11 Å². The van der Waals surface area contributed by atoms with Crippen LogP contribution >= 0.6 is 11.8 Å². The zero-order valence-corrected chi connectivity index (χ0v) is 11.3. The number of nitrogens with zero attached hydrogens (tertiary/aromatic N) is 2. The maximum absolute atomic E-state index is 9.09. The summed E-state index contributed by atoms with van der Waals surface area (Å²) in [5.41, 5.74) is 2.31. The van der Waals surface area contributed by atoms with Crippen LogP contribution in [0.3, 0.4) is 0 Å². The smallest absolute Gasteiger partial charge is 0.0987 e. The number of hydrogen-bond donors (Lipinski definition) is 2. The molecule has 0 aromatic carbocycles. The van der Waals surface area contributed by atoms with Gasteiger partial charge in [0.25, 0.3) is 0 Å². The van der Waals surface area contributed by atoms with E-state index in [0.29, 0.717) is 0 Å². The number of rotatable bonds is 6. The molecule has 0 fully saturated rings. The molecule has 5 heteroatoms. The van der Waals surface area contributed by atoms with Gasteiger partial charge < -0.3 is 10.4 Å². The summed E-state index contributed by atoms with van der Waals surface area (Å²) in [4.78, 5) is 0. The van der Waals surface area contributed by atoms with Crippen LogP contribution in [-0.2, 0) is 13.6 Å². The van der Waals surface area contributed by atoms with Crippen molar-refractivity contribution in [3.05, 3.63) is 11.3 Å². The van der Waals surface area contributed by atoms with E-state index in [1.54, 1.807) is 11.8 Å². The Kier molecular flexibility index (Phi) is 5.31. The number of aliphatic hydroxyl groups excluding tert-OH is 1. The van der Waals surface area contributed by atoms with Crippen LogP contribution in [0.2, 0.25) is 0 Å². The summed E-state index contributed by atoms with van der Waals surface area (Å²) in [5.74, 6) is 0. The molecule has 16 heavy (non-hydrogen) atoms. The molecule has 0 amide bonds. The fourth-order valence-electron chi connectivity index (χ4n) is 1.51. The Hall–Kier alpha value is -0.520. The Morgan fingerprint density at radius 1 is 1.56 bits per heavy atom. The molecule has 0 spiro atoms. The molecule has 92 valence electrons. The van der Waals surface area contributed by atoms with Crippen LogP contribution in [0.25, 0.3) is 0 Å². The van der Waals surface area contributed by atoms with Gasteiger partial charge >= 0.3 is 0 Å². The molecule has 0 radical (unpaired) electrons. The van der Waals surface area contributed by atoms with Gasteiger partial charge in [-0.15, -0.1) is 11.8 Å². The molecule has 1 rings (SSSR count). The van der Waals surface area contributed by atoms with Crippen LogP contribution in [0, 0.1) is 6.92 Å². The number of nitrogens with one attached hydrogen (secondary N) is 1. The van der Waals surface area contributed by atoms with Crippen molar-refractivity contribution in [3.63, 3.8) is 0 Å². The first kappa shape index (κ1) is 13.5. The van der Waals surface area contributed by atoms with Gasteiger partial charge in [-0.3, -0.25) is 4.68 Å². The van der Waals surface area contributed by atoms with Crippen LogP contribution in [-0.4, -0.2) is 33.3 Å². The van der Waals surface area contributed by atoms with Gasteiger partial charge in [0.05, 0.1) is 17.3 Å². The Bertz CT molecular complexity index is 338. The van der Waals surface area contributed by atoms with E-state index in [0.717, 1.165) is 23.8 Å². The van der Waals surface area contributed by atoms with Crippen molar-refractivity contribution in [1.29, 1.82) is 0 Å². The fourth-order valence-corrected chi connectivity index (χ4v) is 2.52. The molecule has 0 aliphatic carbocycles. The largest absolute Gasteiger partial charge is 0.395 e. The predicted octanol–water partition coefficient (Wildman–Crippen LogP) is 1.31. The fraction of sp³-hybridized carbons (Fsp3) is 0.727. The third-order valence-electron chi connectivity index (χ3n) is 2.41. The highest BCUT2D eigenvalue weighted by Gasteiger charge is 2.15. The average Bonchev–Trinajstić information content (AvgIpc) is 2.51. The molecule has 1 atom stereocenters. The first-order valence-corrected chi connectivity index (χ1v) is 6.48. The number of thioether (sulfide) groups is 1. The van der Waals surface area contributed by atoms with Gasteiger partial charge in [0.2, 0.25) is 0 Å². The predicted molar refractivity (Wildman–Crippen MR) is 67.7 cm³/mol. The van der Waals surface area contributed by atoms with Crippen LogP contribution in [0.4, 0.5) is 0 Å². The highest BCUT2D eigenvalue weighted by Crippen LogP contribution is 2.28. The summed E-state index contributed by atoms with van der Waals surface area (Å²) in [6.45, 7) is 8.12. The van der Waals surface area contributed by atoms with E-state index in [9.17, 15) is 0 Å².